The first-order valence-corrected chi connectivity index (χ1v) is 6.70. The molecule has 0 aromatic rings. The van der Waals surface area contributed by atoms with Crippen molar-refractivity contribution in [3.8, 4) is 0 Å². The monoisotopic (exact) mass is 210 g/mol. The van der Waals surface area contributed by atoms with Gasteiger partial charge >= 0.3 is 0 Å². The molecule has 15 heavy (non-hydrogen) atoms. The minimum Gasteiger partial charge on any atom is -0.316 e. The SMILES string of the molecule is CCC1(CN2CCCCC2C)CCNC1. The first-order valence-electron chi connectivity index (χ1n) is 6.70. The normalized spacial score (nSPS) is 38.4. The highest BCUT2D eigenvalue weighted by molar-refractivity contribution is 4.91. The molecule has 0 radical (unpaired) electrons. The average molecular weight is 210 g/mol. The van der Waals surface area contributed by atoms with Gasteiger partial charge in [-0.2, -0.15) is 0 Å². The molecule has 2 aliphatic heterocycles. The highest BCUT2D eigenvalue weighted by Gasteiger charge is 2.35. The molecule has 0 amide bonds. The summed E-state index contributed by atoms with van der Waals surface area (Å²) in [5.74, 6) is 0. The van der Waals surface area contributed by atoms with E-state index in [4.69, 9.17) is 0 Å². The van der Waals surface area contributed by atoms with E-state index < -0.39 is 0 Å². The molecule has 0 saturated carbocycles. The topological polar surface area (TPSA) is 15.3 Å². The van der Waals surface area contributed by atoms with E-state index in [2.05, 4.69) is 24.1 Å². The van der Waals surface area contributed by atoms with Crippen molar-refractivity contribution in [3.63, 3.8) is 0 Å². The summed E-state index contributed by atoms with van der Waals surface area (Å²) < 4.78 is 0. The molecule has 2 nitrogen and oxygen atoms in total. The maximum atomic E-state index is 3.54. The summed E-state index contributed by atoms with van der Waals surface area (Å²) in [5.41, 5.74) is 0.589. The maximum absolute atomic E-state index is 3.54. The molecule has 88 valence electrons. The van der Waals surface area contributed by atoms with Crippen LogP contribution < -0.4 is 5.32 Å². The summed E-state index contributed by atoms with van der Waals surface area (Å²) in [6, 6.07) is 0.822. The van der Waals surface area contributed by atoms with Crippen molar-refractivity contribution in [1.82, 2.24) is 10.2 Å². The van der Waals surface area contributed by atoms with E-state index in [0.29, 0.717) is 5.41 Å². The number of rotatable bonds is 3. The van der Waals surface area contributed by atoms with E-state index in [1.165, 1.54) is 58.3 Å². The predicted octanol–water partition coefficient (Wildman–Crippen LogP) is 2.25. The van der Waals surface area contributed by atoms with Crippen LogP contribution in [0.15, 0.2) is 0 Å². The van der Waals surface area contributed by atoms with Gasteiger partial charge in [0.25, 0.3) is 0 Å². The molecular weight excluding hydrogens is 184 g/mol. The third-order valence-electron chi connectivity index (χ3n) is 4.56. The Hall–Kier alpha value is -0.0800. The number of hydrogen-bond acceptors (Lipinski definition) is 2. The van der Waals surface area contributed by atoms with Crippen molar-refractivity contribution in [3.05, 3.63) is 0 Å². The van der Waals surface area contributed by atoms with E-state index in [0.717, 1.165) is 6.04 Å². The molecule has 2 fully saturated rings. The van der Waals surface area contributed by atoms with Gasteiger partial charge in [-0.3, -0.25) is 0 Å². The van der Waals surface area contributed by atoms with Crippen LogP contribution in [0.3, 0.4) is 0 Å². The molecule has 0 aromatic carbocycles. The fourth-order valence-electron chi connectivity index (χ4n) is 3.17. The third kappa shape index (κ3) is 2.54. The largest absolute Gasteiger partial charge is 0.316 e. The van der Waals surface area contributed by atoms with Crippen molar-refractivity contribution < 1.29 is 0 Å². The van der Waals surface area contributed by atoms with Crippen molar-refractivity contribution in [2.45, 2.75) is 52.0 Å². The second-order valence-corrected chi connectivity index (χ2v) is 5.60. The van der Waals surface area contributed by atoms with Gasteiger partial charge in [-0.1, -0.05) is 13.3 Å². The number of nitrogens with zero attached hydrogens (tertiary/aromatic N) is 1. The van der Waals surface area contributed by atoms with Gasteiger partial charge in [-0.25, -0.2) is 0 Å². The Morgan fingerprint density at radius 3 is 2.87 bits per heavy atom. The van der Waals surface area contributed by atoms with Gasteiger partial charge in [0.1, 0.15) is 0 Å². The maximum Gasteiger partial charge on any atom is 0.00671 e. The van der Waals surface area contributed by atoms with Crippen LogP contribution in [0.4, 0.5) is 0 Å². The minimum atomic E-state index is 0.589. The number of piperidine rings is 1. The lowest BCUT2D eigenvalue weighted by Crippen LogP contribution is -2.45. The van der Waals surface area contributed by atoms with Crippen molar-refractivity contribution in [2.24, 2.45) is 5.41 Å². The van der Waals surface area contributed by atoms with Crippen molar-refractivity contribution in [2.75, 3.05) is 26.2 Å². The first-order chi connectivity index (χ1) is 7.26. The van der Waals surface area contributed by atoms with Crippen LogP contribution in [0.2, 0.25) is 0 Å². The lowest BCUT2D eigenvalue weighted by atomic mass is 9.82. The molecule has 2 atom stereocenters. The van der Waals surface area contributed by atoms with E-state index in [9.17, 15) is 0 Å². The van der Waals surface area contributed by atoms with Crippen molar-refractivity contribution in [1.29, 1.82) is 0 Å². The molecule has 2 heterocycles. The van der Waals surface area contributed by atoms with Crippen LogP contribution in [-0.2, 0) is 0 Å². The van der Waals surface area contributed by atoms with Gasteiger partial charge in [0.15, 0.2) is 0 Å². The molecular formula is C13H26N2. The van der Waals surface area contributed by atoms with E-state index in [1.807, 2.05) is 0 Å². The molecule has 0 spiro atoms. The molecule has 0 bridgehead atoms. The molecule has 0 aliphatic carbocycles. The lowest BCUT2D eigenvalue weighted by Gasteiger charge is -2.40. The summed E-state index contributed by atoms with van der Waals surface area (Å²) >= 11 is 0. The van der Waals surface area contributed by atoms with Crippen molar-refractivity contribution >= 4 is 0 Å². The third-order valence-corrected chi connectivity index (χ3v) is 4.56. The lowest BCUT2D eigenvalue weighted by molar-refractivity contribution is 0.0943. The standard InChI is InChI=1S/C13H26N2/c1-3-13(7-8-14-10-13)11-15-9-5-4-6-12(15)2/h12,14H,3-11H2,1-2H3. The predicted molar refractivity (Wildman–Crippen MR) is 65.1 cm³/mol. The van der Waals surface area contributed by atoms with Crippen LogP contribution >= 0.6 is 0 Å². The zero-order chi connectivity index (χ0) is 10.7. The first kappa shape index (κ1) is 11.4. The van der Waals surface area contributed by atoms with Crippen LogP contribution in [0.5, 0.6) is 0 Å². The number of likely N-dealkylation sites (tertiary alicyclic amines) is 1. The fourth-order valence-corrected chi connectivity index (χ4v) is 3.17. The zero-order valence-corrected chi connectivity index (χ0v) is 10.4. The molecule has 2 unspecified atom stereocenters. The Labute approximate surface area is 94.4 Å². The minimum absolute atomic E-state index is 0.589. The Morgan fingerprint density at radius 2 is 2.27 bits per heavy atom. The van der Waals surface area contributed by atoms with Crippen LogP contribution in [0.25, 0.3) is 0 Å². The Morgan fingerprint density at radius 1 is 1.40 bits per heavy atom. The van der Waals surface area contributed by atoms with Crippen LogP contribution in [-0.4, -0.2) is 37.1 Å². The van der Waals surface area contributed by atoms with Crippen LogP contribution in [0.1, 0.15) is 46.0 Å². The molecule has 2 aliphatic rings. The average Bonchev–Trinajstić information content (AvgIpc) is 2.71. The summed E-state index contributed by atoms with van der Waals surface area (Å²) in [6.45, 7) is 9.91. The summed E-state index contributed by atoms with van der Waals surface area (Å²) in [7, 11) is 0. The zero-order valence-electron chi connectivity index (χ0n) is 10.4. The summed E-state index contributed by atoms with van der Waals surface area (Å²) in [5, 5.41) is 3.54. The van der Waals surface area contributed by atoms with E-state index >= 15 is 0 Å². The highest BCUT2D eigenvalue weighted by atomic mass is 15.2. The highest BCUT2D eigenvalue weighted by Crippen LogP contribution is 2.32. The fraction of sp³-hybridized carbons (Fsp3) is 1.00. The van der Waals surface area contributed by atoms with Gasteiger partial charge < -0.3 is 10.2 Å². The Kier molecular flexibility index (Phi) is 3.68. The summed E-state index contributed by atoms with van der Waals surface area (Å²) in [4.78, 5) is 2.74. The summed E-state index contributed by atoms with van der Waals surface area (Å²) in [6.07, 6.45) is 6.98. The molecule has 2 rings (SSSR count). The molecule has 1 N–H and O–H groups in total. The molecule has 2 saturated heterocycles. The smallest absolute Gasteiger partial charge is 0.00671 e. The number of nitrogens with one attached hydrogen (secondary N) is 1. The van der Waals surface area contributed by atoms with Gasteiger partial charge in [0.05, 0.1) is 0 Å². The van der Waals surface area contributed by atoms with Crippen LogP contribution in [0, 0.1) is 5.41 Å². The Balaban J connectivity index is 1.93. The second kappa shape index (κ2) is 4.84. The van der Waals surface area contributed by atoms with E-state index in [1.54, 1.807) is 0 Å². The Bertz CT molecular complexity index is 197. The van der Waals surface area contributed by atoms with Gasteiger partial charge in [-0.15, -0.1) is 0 Å². The molecule has 0 aromatic heterocycles. The quantitative estimate of drug-likeness (QED) is 0.768. The second-order valence-electron chi connectivity index (χ2n) is 5.60. The van der Waals surface area contributed by atoms with Gasteiger partial charge in [-0.05, 0) is 51.1 Å². The van der Waals surface area contributed by atoms with Gasteiger partial charge in [0, 0.05) is 19.1 Å². The van der Waals surface area contributed by atoms with Gasteiger partial charge in [0.2, 0.25) is 0 Å². The van der Waals surface area contributed by atoms with E-state index in [-0.39, 0.29) is 0 Å². The number of hydrogen-bond donors (Lipinski definition) is 1. The molecule has 2 heteroatoms.